The van der Waals surface area contributed by atoms with Crippen LogP contribution in [0.25, 0.3) is 10.9 Å². The zero-order valence-corrected chi connectivity index (χ0v) is 17.0. The van der Waals surface area contributed by atoms with Crippen molar-refractivity contribution in [3.63, 3.8) is 0 Å². The normalized spacial score (nSPS) is 12.5. The number of carboxylic acid groups (broad SMARTS) is 1. The molecular formula is C21H19Cl2NO4. The Hall–Kier alpha value is -2.50. The molecule has 0 aliphatic carbocycles. The molecule has 0 aliphatic heterocycles. The van der Waals surface area contributed by atoms with Crippen LogP contribution < -0.4 is 0 Å². The molecule has 28 heavy (non-hydrogen) atoms. The number of carbonyl (C=O) groups is 2. The van der Waals surface area contributed by atoms with E-state index >= 15 is 0 Å². The van der Waals surface area contributed by atoms with Crippen LogP contribution in [0.5, 0.6) is 5.75 Å². The van der Waals surface area contributed by atoms with Crippen LogP contribution in [0.2, 0.25) is 10.0 Å². The highest BCUT2D eigenvalue weighted by Gasteiger charge is 2.31. The number of carboxylic acids is 1. The van der Waals surface area contributed by atoms with Crippen molar-refractivity contribution in [1.29, 1.82) is 0 Å². The quantitative estimate of drug-likeness (QED) is 0.586. The fourth-order valence-corrected chi connectivity index (χ4v) is 3.88. The number of nitrogens with zero attached hydrogens (tertiary/aromatic N) is 1. The lowest BCUT2D eigenvalue weighted by atomic mass is 9.86. The van der Waals surface area contributed by atoms with Gasteiger partial charge in [-0.1, -0.05) is 37.0 Å². The SMILES string of the molecule is Cc1c(C(C(=O)O)C(C)C)c2cc(O)ccc2n1C(=O)c1ccc(Cl)c(Cl)c1. The highest BCUT2D eigenvalue weighted by molar-refractivity contribution is 6.42. The number of aromatic hydroxyl groups is 1. The van der Waals surface area contributed by atoms with Gasteiger partial charge in [-0.05, 0) is 54.8 Å². The second-order valence-electron chi connectivity index (χ2n) is 7.03. The Bertz CT molecular complexity index is 1100. The predicted molar refractivity (Wildman–Crippen MR) is 110 cm³/mol. The first-order valence-corrected chi connectivity index (χ1v) is 9.45. The summed E-state index contributed by atoms with van der Waals surface area (Å²) in [5.74, 6) is -2.38. The molecule has 0 saturated heterocycles. The minimum Gasteiger partial charge on any atom is -0.508 e. The van der Waals surface area contributed by atoms with Gasteiger partial charge >= 0.3 is 5.97 Å². The number of fused-ring (bicyclic) bond motifs is 1. The fraction of sp³-hybridized carbons (Fsp3) is 0.238. The molecular weight excluding hydrogens is 401 g/mol. The Balaban J connectivity index is 2.32. The number of carbonyl (C=O) groups excluding carboxylic acids is 1. The van der Waals surface area contributed by atoms with E-state index in [0.29, 0.717) is 32.7 Å². The summed E-state index contributed by atoms with van der Waals surface area (Å²) in [4.78, 5) is 25.2. The molecule has 3 aromatic rings. The summed E-state index contributed by atoms with van der Waals surface area (Å²) in [6, 6.07) is 9.16. The molecule has 5 nitrogen and oxygen atoms in total. The van der Waals surface area contributed by atoms with E-state index < -0.39 is 11.9 Å². The van der Waals surface area contributed by atoms with Gasteiger partial charge in [-0.15, -0.1) is 0 Å². The summed E-state index contributed by atoms with van der Waals surface area (Å²) >= 11 is 12.0. The van der Waals surface area contributed by atoms with Crippen LogP contribution in [-0.4, -0.2) is 26.7 Å². The van der Waals surface area contributed by atoms with Gasteiger partial charge in [0.15, 0.2) is 0 Å². The molecule has 146 valence electrons. The standard InChI is InChI=1S/C21H19Cl2NO4/c1-10(2)18(21(27)28)19-11(3)24(17-7-5-13(25)9-14(17)19)20(26)12-4-6-15(22)16(23)8-12/h4-10,18,25H,1-3H3,(H,27,28). The number of hydrogen-bond acceptors (Lipinski definition) is 3. The maximum absolute atomic E-state index is 13.3. The van der Waals surface area contributed by atoms with Gasteiger partial charge in [0.05, 0.1) is 21.5 Å². The van der Waals surface area contributed by atoms with Crippen LogP contribution in [0.4, 0.5) is 0 Å². The van der Waals surface area contributed by atoms with Gasteiger partial charge in [0.2, 0.25) is 0 Å². The summed E-state index contributed by atoms with van der Waals surface area (Å²) in [6.07, 6.45) is 0. The van der Waals surface area contributed by atoms with Gasteiger partial charge in [-0.3, -0.25) is 14.2 Å². The largest absolute Gasteiger partial charge is 0.508 e. The van der Waals surface area contributed by atoms with E-state index in [1.165, 1.54) is 22.8 Å². The van der Waals surface area contributed by atoms with E-state index in [1.54, 1.807) is 25.1 Å². The second-order valence-corrected chi connectivity index (χ2v) is 7.84. The van der Waals surface area contributed by atoms with Gasteiger partial charge < -0.3 is 10.2 Å². The van der Waals surface area contributed by atoms with E-state index in [-0.39, 0.29) is 22.6 Å². The zero-order chi connectivity index (χ0) is 20.7. The Kier molecular flexibility index (Phi) is 5.41. The predicted octanol–water partition coefficient (Wildman–Crippen LogP) is 5.47. The van der Waals surface area contributed by atoms with E-state index in [1.807, 2.05) is 13.8 Å². The van der Waals surface area contributed by atoms with Crippen LogP contribution in [0, 0.1) is 12.8 Å². The average Bonchev–Trinajstić information content (AvgIpc) is 2.88. The number of aromatic nitrogens is 1. The number of phenolic OH excluding ortho intramolecular Hbond substituents is 1. The molecule has 0 bridgehead atoms. The zero-order valence-electron chi connectivity index (χ0n) is 15.5. The lowest BCUT2D eigenvalue weighted by Gasteiger charge is -2.17. The number of hydrogen-bond donors (Lipinski definition) is 2. The van der Waals surface area contributed by atoms with Crippen molar-refractivity contribution < 1.29 is 19.8 Å². The molecule has 2 aromatic carbocycles. The molecule has 0 fully saturated rings. The van der Waals surface area contributed by atoms with Crippen LogP contribution in [-0.2, 0) is 4.79 Å². The van der Waals surface area contributed by atoms with E-state index in [4.69, 9.17) is 23.2 Å². The summed E-state index contributed by atoms with van der Waals surface area (Å²) in [5, 5.41) is 20.9. The van der Waals surface area contributed by atoms with Gasteiger partial charge in [0, 0.05) is 16.6 Å². The summed E-state index contributed by atoms with van der Waals surface area (Å²) in [7, 11) is 0. The molecule has 0 amide bonds. The first-order chi connectivity index (χ1) is 13.1. The van der Waals surface area contributed by atoms with Crippen molar-refractivity contribution in [2.45, 2.75) is 26.7 Å². The fourth-order valence-electron chi connectivity index (χ4n) is 3.59. The van der Waals surface area contributed by atoms with Crippen molar-refractivity contribution in [2.75, 3.05) is 0 Å². The Labute approximate surface area is 172 Å². The van der Waals surface area contributed by atoms with Gasteiger partial charge in [-0.25, -0.2) is 0 Å². The molecule has 1 atom stereocenters. The molecule has 7 heteroatoms. The third-order valence-corrected chi connectivity index (χ3v) is 5.59. The van der Waals surface area contributed by atoms with Crippen molar-refractivity contribution >= 4 is 46.0 Å². The number of halogens is 2. The Morgan fingerprint density at radius 3 is 2.29 bits per heavy atom. The van der Waals surface area contributed by atoms with Crippen molar-refractivity contribution in [1.82, 2.24) is 4.57 Å². The lowest BCUT2D eigenvalue weighted by molar-refractivity contribution is -0.139. The molecule has 2 N–H and O–H groups in total. The van der Waals surface area contributed by atoms with E-state index in [2.05, 4.69) is 0 Å². The van der Waals surface area contributed by atoms with E-state index in [9.17, 15) is 19.8 Å². The first kappa shape index (κ1) is 20.2. The van der Waals surface area contributed by atoms with Crippen LogP contribution in [0.15, 0.2) is 36.4 Å². The maximum atomic E-state index is 13.3. The third-order valence-electron chi connectivity index (χ3n) is 4.85. The monoisotopic (exact) mass is 419 g/mol. The number of aliphatic carboxylic acids is 1. The summed E-state index contributed by atoms with van der Waals surface area (Å²) < 4.78 is 1.46. The Morgan fingerprint density at radius 1 is 1.04 bits per heavy atom. The van der Waals surface area contributed by atoms with Gasteiger partial charge in [0.1, 0.15) is 5.75 Å². The second kappa shape index (κ2) is 7.49. The minimum atomic E-state index is -0.984. The molecule has 3 rings (SSSR count). The third kappa shape index (κ3) is 3.36. The van der Waals surface area contributed by atoms with Crippen molar-refractivity contribution in [3.8, 4) is 5.75 Å². The number of rotatable bonds is 4. The highest BCUT2D eigenvalue weighted by atomic mass is 35.5. The molecule has 0 spiro atoms. The van der Waals surface area contributed by atoms with Crippen LogP contribution >= 0.6 is 23.2 Å². The number of phenols is 1. The lowest BCUT2D eigenvalue weighted by Crippen LogP contribution is -2.19. The maximum Gasteiger partial charge on any atom is 0.311 e. The minimum absolute atomic E-state index is 0.000723. The number of benzene rings is 2. The molecule has 0 saturated carbocycles. The van der Waals surface area contributed by atoms with Crippen molar-refractivity contribution in [2.24, 2.45) is 5.92 Å². The average molecular weight is 420 g/mol. The molecule has 1 unspecified atom stereocenters. The molecule has 1 aromatic heterocycles. The van der Waals surface area contributed by atoms with Gasteiger partial charge in [-0.2, -0.15) is 0 Å². The molecule has 1 heterocycles. The topological polar surface area (TPSA) is 79.5 Å². The summed E-state index contributed by atoms with van der Waals surface area (Å²) in [5.41, 5.74) is 1.87. The highest BCUT2D eigenvalue weighted by Crippen LogP contribution is 2.38. The van der Waals surface area contributed by atoms with Gasteiger partial charge in [0.25, 0.3) is 5.91 Å². The van der Waals surface area contributed by atoms with Crippen LogP contribution in [0.3, 0.4) is 0 Å². The Morgan fingerprint density at radius 2 is 1.71 bits per heavy atom. The first-order valence-electron chi connectivity index (χ1n) is 8.70. The van der Waals surface area contributed by atoms with E-state index in [0.717, 1.165) is 0 Å². The van der Waals surface area contributed by atoms with Crippen LogP contribution in [0.1, 0.15) is 41.4 Å². The summed E-state index contributed by atoms with van der Waals surface area (Å²) in [6.45, 7) is 5.33. The molecule has 0 radical (unpaired) electrons. The smallest absolute Gasteiger partial charge is 0.311 e. The molecule has 0 aliphatic rings. The van der Waals surface area contributed by atoms with Crippen molar-refractivity contribution in [3.05, 3.63) is 63.3 Å².